The molecule has 0 aromatic rings. The summed E-state index contributed by atoms with van der Waals surface area (Å²) < 4.78 is 27.2. The monoisotopic (exact) mass is 141 g/mol. The van der Waals surface area contributed by atoms with Gasteiger partial charge >= 0.3 is 26.3 Å². The molecule has 1 heterocycles. The summed E-state index contributed by atoms with van der Waals surface area (Å²) in [5, 5.41) is 0. The quantitative estimate of drug-likeness (QED) is 0.365. The van der Waals surface area contributed by atoms with Crippen LogP contribution in [0, 0.1) is 0 Å². The summed E-state index contributed by atoms with van der Waals surface area (Å²) in [6, 6.07) is 0. The Labute approximate surface area is 47.3 Å². The summed E-state index contributed by atoms with van der Waals surface area (Å²) in [5.74, 6) is 0. The van der Waals surface area contributed by atoms with E-state index in [1.807, 2.05) is 0 Å². The maximum absolute atomic E-state index is 9.66. The van der Waals surface area contributed by atoms with Gasteiger partial charge in [0.25, 0.3) is 0 Å². The Morgan fingerprint density at radius 1 is 1.29 bits per heavy atom. The zero-order valence-electron chi connectivity index (χ0n) is 3.12. The first-order valence-electron chi connectivity index (χ1n) is 1.14. The second kappa shape index (κ2) is 2.09. The highest BCUT2D eigenvalue weighted by Gasteiger charge is 2.26. The van der Waals surface area contributed by atoms with Crippen molar-refractivity contribution in [3.8, 4) is 0 Å². The van der Waals surface area contributed by atoms with Gasteiger partial charge in [-0.25, -0.2) is 0 Å². The first-order chi connectivity index (χ1) is 2.71. The lowest BCUT2D eigenvalue weighted by atomic mass is 15.7. The molecule has 0 saturated carbocycles. The summed E-state index contributed by atoms with van der Waals surface area (Å²) in [6.07, 6.45) is 0. The lowest BCUT2D eigenvalue weighted by molar-refractivity contribution is 0.313. The first kappa shape index (κ1) is 7.36. The van der Waals surface area contributed by atoms with Gasteiger partial charge in [0.05, 0.1) is 0 Å². The molecule has 1 radical (unpaired) electrons. The van der Waals surface area contributed by atoms with Gasteiger partial charge in [0, 0.05) is 0 Å². The molecule has 0 aromatic carbocycles. The SMILES string of the molecule is O.O=S1(=O)[O][Al][O]1. The Balaban J connectivity index is 0.000000360. The highest BCUT2D eigenvalue weighted by molar-refractivity contribution is 7.85. The molecule has 0 atom stereocenters. The van der Waals surface area contributed by atoms with Gasteiger partial charge in [0.1, 0.15) is 0 Å². The molecule has 0 amide bonds. The molecule has 0 unspecified atom stereocenters. The first-order valence-corrected chi connectivity index (χ1v) is 3.41. The molecule has 1 fully saturated rings. The molecule has 7 heavy (non-hydrogen) atoms. The fourth-order valence-corrected chi connectivity index (χ4v) is 0.931. The van der Waals surface area contributed by atoms with Crippen LogP contribution in [-0.2, 0) is 16.9 Å². The van der Waals surface area contributed by atoms with E-state index >= 15 is 0 Å². The lowest BCUT2D eigenvalue weighted by Crippen LogP contribution is -2.27. The minimum Gasteiger partial charge on any atom is -0.412 e. The molecule has 0 spiro atoms. The van der Waals surface area contributed by atoms with Gasteiger partial charge in [0.2, 0.25) is 0 Å². The third-order valence-corrected chi connectivity index (χ3v) is 2.83. The third kappa shape index (κ3) is 1.73. The van der Waals surface area contributed by atoms with Gasteiger partial charge in [-0.05, 0) is 0 Å². The molecule has 1 aliphatic rings. The number of rotatable bonds is 0. The predicted molar refractivity (Wildman–Crippen MR) is 20.5 cm³/mol. The highest BCUT2D eigenvalue weighted by atomic mass is 32.3. The standard InChI is InChI=1S/Al.H2O4S.H2O/c;1-5(2,3)4;/h;(H2,1,2,3,4);1H2/q+2;;/p-2. The van der Waals surface area contributed by atoms with Gasteiger partial charge in [-0.3, -0.25) is 0 Å². The van der Waals surface area contributed by atoms with E-state index in [0.717, 1.165) is 0 Å². The second-order valence-electron chi connectivity index (χ2n) is 0.697. The zero-order valence-corrected chi connectivity index (χ0v) is 5.09. The second-order valence-corrected chi connectivity index (χ2v) is 3.25. The van der Waals surface area contributed by atoms with E-state index in [2.05, 4.69) is 6.47 Å². The molecular weight excluding hydrogens is 139 g/mol. The van der Waals surface area contributed by atoms with Crippen molar-refractivity contribution in [3.05, 3.63) is 0 Å². The van der Waals surface area contributed by atoms with E-state index in [0.29, 0.717) is 0 Å². The Bertz CT molecular complexity index is 122. The van der Waals surface area contributed by atoms with Gasteiger partial charge in [0.15, 0.2) is 0 Å². The van der Waals surface area contributed by atoms with Crippen molar-refractivity contribution in [2.45, 2.75) is 0 Å². The van der Waals surface area contributed by atoms with Crippen molar-refractivity contribution in [1.82, 2.24) is 0 Å². The average Bonchev–Trinajstić information content (AvgIpc) is 1.32. The molecule has 1 rings (SSSR count). The van der Waals surface area contributed by atoms with E-state index in [1.165, 1.54) is 0 Å². The van der Waals surface area contributed by atoms with Crippen LogP contribution in [0.25, 0.3) is 0 Å². The molecule has 0 bridgehead atoms. The van der Waals surface area contributed by atoms with Crippen molar-refractivity contribution in [3.63, 3.8) is 0 Å². The van der Waals surface area contributed by atoms with Crippen molar-refractivity contribution in [2.24, 2.45) is 0 Å². The van der Waals surface area contributed by atoms with Crippen molar-refractivity contribution in [2.75, 3.05) is 0 Å². The molecule has 5 nitrogen and oxygen atoms in total. The largest absolute Gasteiger partial charge is 0.703 e. The summed E-state index contributed by atoms with van der Waals surface area (Å²) in [5.41, 5.74) is 0. The summed E-state index contributed by atoms with van der Waals surface area (Å²) in [6.45, 7) is 0. The van der Waals surface area contributed by atoms with Gasteiger partial charge < -0.3 is 11.9 Å². The van der Waals surface area contributed by atoms with Crippen LogP contribution in [0.3, 0.4) is 0 Å². The Kier molecular flexibility index (Phi) is 2.20. The van der Waals surface area contributed by atoms with Crippen LogP contribution in [0.1, 0.15) is 0 Å². The maximum atomic E-state index is 9.66. The normalized spacial score (nSPS) is 23.4. The van der Waals surface area contributed by atoms with Crippen LogP contribution in [0.5, 0.6) is 0 Å². The fraction of sp³-hybridized carbons (Fsp3) is 0. The van der Waals surface area contributed by atoms with Crippen molar-refractivity contribution >= 4 is 26.3 Å². The van der Waals surface area contributed by atoms with Crippen LogP contribution >= 0.6 is 0 Å². The molecule has 2 N–H and O–H groups in total. The van der Waals surface area contributed by atoms with Crippen molar-refractivity contribution in [1.29, 1.82) is 0 Å². The van der Waals surface area contributed by atoms with E-state index in [9.17, 15) is 8.42 Å². The van der Waals surface area contributed by atoms with Crippen molar-refractivity contribution < 1.29 is 20.4 Å². The molecule has 0 aromatic heterocycles. The molecule has 1 aliphatic heterocycles. The average molecular weight is 141 g/mol. The van der Waals surface area contributed by atoms with E-state index in [-0.39, 0.29) is 5.48 Å². The van der Waals surface area contributed by atoms with Crippen LogP contribution in [0.15, 0.2) is 0 Å². The molecule has 41 valence electrons. The van der Waals surface area contributed by atoms with Gasteiger partial charge in [-0.1, -0.05) is 0 Å². The van der Waals surface area contributed by atoms with Crippen LogP contribution in [0.2, 0.25) is 0 Å². The lowest BCUT2D eigenvalue weighted by Gasteiger charge is -2.10. The topological polar surface area (TPSA) is 84.1 Å². The minimum atomic E-state index is -3.44. The van der Waals surface area contributed by atoms with Gasteiger partial charge in [-0.2, -0.15) is 8.42 Å². The molecule has 1 saturated heterocycles. The maximum Gasteiger partial charge on any atom is 0.703 e. The van der Waals surface area contributed by atoms with Crippen LogP contribution in [-0.4, -0.2) is 29.8 Å². The molecule has 0 aliphatic carbocycles. The Morgan fingerprint density at radius 3 is 1.57 bits per heavy atom. The van der Waals surface area contributed by atoms with E-state index < -0.39 is 26.3 Å². The summed E-state index contributed by atoms with van der Waals surface area (Å²) >= 11 is -0.701. The van der Waals surface area contributed by atoms with Crippen LogP contribution in [0.4, 0.5) is 0 Å². The molecule has 7 heteroatoms. The van der Waals surface area contributed by atoms with E-state index in [4.69, 9.17) is 0 Å². The Hall–Kier alpha value is 0.362. The van der Waals surface area contributed by atoms with Gasteiger partial charge in [-0.15, -0.1) is 0 Å². The Morgan fingerprint density at radius 2 is 1.57 bits per heavy atom. The number of hydrogen-bond acceptors (Lipinski definition) is 4. The summed E-state index contributed by atoms with van der Waals surface area (Å²) in [4.78, 5) is 0. The molecular formula is H2AlO5S. The minimum absolute atomic E-state index is 0. The van der Waals surface area contributed by atoms with Crippen LogP contribution < -0.4 is 0 Å². The zero-order chi connectivity index (χ0) is 4.62. The highest BCUT2D eigenvalue weighted by Crippen LogP contribution is 2.02. The smallest absolute Gasteiger partial charge is 0.412 e. The van der Waals surface area contributed by atoms with E-state index in [1.54, 1.807) is 0 Å². The predicted octanol–water partition coefficient (Wildman–Crippen LogP) is -2.01. The number of hydrogen-bond donors (Lipinski definition) is 0. The third-order valence-electron chi connectivity index (χ3n) is 0.314. The summed E-state index contributed by atoms with van der Waals surface area (Å²) in [7, 11) is -3.44. The fourth-order valence-electron chi connectivity index (χ4n) is 0.103.